The maximum absolute atomic E-state index is 12.9. The van der Waals surface area contributed by atoms with Gasteiger partial charge in [0.1, 0.15) is 10.8 Å². The van der Waals surface area contributed by atoms with Crippen LogP contribution in [0.3, 0.4) is 0 Å². The molecule has 4 nitrogen and oxygen atoms in total. The van der Waals surface area contributed by atoms with Gasteiger partial charge in [-0.15, -0.1) is 11.3 Å². The Balaban J connectivity index is 1.60. The fraction of sp³-hybridized carbons (Fsp3) is 0.130. The fourth-order valence-corrected chi connectivity index (χ4v) is 3.87. The standard InChI is InChI=1S/C23H20N2O2S/c1-23(2,27-16-10-4-3-5-11-16)22(26)25-18-13-7-6-12-17(18)21-24-19-14-8-9-15-20(19)28-21/h3-15H,1-2H3,(H,25,26). The number of aromatic nitrogens is 1. The fourth-order valence-electron chi connectivity index (χ4n) is 2.87. The van der Waals surface area contributed by atoms with Crippen LogP contribution < -0.4 is 10.1 Å². The molecule has 0 aliphatic carbocycles. The van der Waals surface area contributed by atoms with Crippen molar-refractivity contribution in [2.75, 3.05) is 5.32 Å². The number of anilines is 1. The zero-order valence-corrected chi connectivity index (χ0v) is 16.5. The molecule has 5 heteroatoms. The van der Waals surface area contributed by atoms with Gasteiger partial charge in [0.05, 0.1) is 15.9 Å². The van der Waals surface area contributed by atoms with Gasteiger partial charge in [0, 0.05) is 5.56 Å². The molecule has 0 saturated carbocycles. The van der Waals surface area contributed by atoms with Crippen LogP contribution in [0.2, 0.25) is 0 Å². The summed E-state index contributed by atoms with van der Waals surface area (Å²) in [5.74, 6) is 0.437. The van der Waals surface area contributed by atoms with Crippen molar-refractivity contribution in [1.82, 2.24) is 4.98 Å². The lowest BCUT2D eigenvalue weighted by atomic mass is 10.1. The third-order valence-corrected chi connectivity index (χ3v) is 5.43. The van der Waals surface area contributed by atoms with Crippen LogP contribution >= 0.6 is 11.3 Å². The van der Waals surface area contributed by atoms with Crippen LogP contribution in [0, 0.1) is 0 Å². The minimum atomic E-state index is -1.03. The molecule has 0 fully saturated rings. The van der Waals surface area contributed by atoms with Gasteiger partial charge in [-0.2, -0.15) is 0 Å². The number of nitrogens with zero attached hydrogens (tertiary/aromatic N) is 1. The highest BCUT2D eigenvalue weighted by atomic mass is 32.1. The van der Waals surface area contributed by atoms with E-state index in [4.69, 9.17) is 9.72 Å². The Morgan fingerprint density at radius 2 is 1.61 bits per heavy atom. The lowest BCUT2D eigenvalue weighted by Gasteiger charge is -2.25. The Hall–Kier alpha value is -3.18. The average molecular weight is 388 g/mol. The lowest BCUT2D eigenvalue weighted by molar-refractivity contribution is -0.128. The highest BCUT2D eigenvalue weighted by Crippen LogP contribution is 2.34. The van der Waals surface area contributed by atoms with Gasteiger partial charge in [-0.25, -0.2) is 4.98 Å². The van der Waals surface area contributed by atoms with Crippen molar-refractivity contribution >= 4 is 33.1 Å². The largest absolute Gasteiger partial charge is 0.478 e. The Kier molecular flexibility index (Phi) is 4.84. The molecule has 0 bridgehead atoms. The number of carbonyl (C=O) groups excluding carboxylic acids is 1. The zero-order valence-electron chi connectivity index (χ0n) is 15.7. The molecular weight excluding hydrogens is 368 g/mol. The Labute approximate surface area is 167 Å². The number of fused-ring (bicyclic) bond motifs is 1. The van der Waals surface area contributed by atoms with Crippen LogP contribution in [0.25, 0.3) is 20.8 Å². The van der Waals surface area contributed by atoms with Gasteiger partial charge in [0.2, 0.25) is 0 Å². The quantitative estimate of drug-likeness (QED) is 0.473. The van der Waals surface area contributed by atoms with Gasteiger partial charge < -0.3 is 10.1 Å². The maximum Gasteiger partial charge on any atom is 0.267 e. The van der Waals surface area contributed by atoms with E-state index in [1.807, 2.05) is 72.8 Å². The monoisotopic (exact) mass is 388 g/mol. The number of para-hydroxylation sites is 3. The summed E-state index contributed by atoms with van der Waals surface area (Å²) in [6.45, 7) is 3.52. The molecule has 0 radical (unpaired) electrons. The summed E-state index contributed by atoms with van der Waals surface area (Å²) in [5, 5.41) is 3.89. The summed E-state index contributed by atoms with van der Waals surface area (Å²) in [5.41, 5.74) is 1.54. The number of benzene rings is 3. The van der Waals surface area contributed by atoms with Crippen LogP contribution in [0.15, 0.2) is 78.9 Å². The molecule has 1 heterocycles. The van der Waals surface area contributed by atoms with Gasteiger partial charge in [0.25, 0.3) is 5.91 Å². The molecule has 4 aromatic rings. The van der Waals surface area contributed by atoms with Crippen LogP contribution in [-0.4, -0.2) is 16.5 Å². The average Bonchev–Trinajstić information content (AvgIpc) is 3.13. The van der Waals surface area contributed by atoms with Gasteiger partial charge in [0.15, 0.2) is 5.60 Å². The summed E-state index contributed by atoms with van der Waals surface area (Å²) >= 11 is 1.61. The lowest BCUT2D eigenvalue weighted by Crippen LogP contribution is -2.42. The van der Waals surface area contributed by atoms with Crippen molar-refractivity contribution in [3.05, 3.63) is 78.9 Å². The minimum absolute atomic E-state index is 0.218. The molecule has 1 amide bonds. The van der Waals surface area contributed by atoms with Gasteiger partial charge in [-0.05, 0) is 50.2 Å². The van der Waals surface area contributed by atoms with E-state index < -0.39 is 5.60 Å². The smallest absolute Gasteiger partial charge is 0.267 e. The first-order valence-electron chi connectivity index (χ1n) is 9.03. The van der Waals surface area contributed by atoms with Crippen LogP contribution in [0.5, 0.6) is 5.75 Å². The summed E-state index contributed by atoms with van der Waals surface area (Å²) in [4.78, 5) is 17.7. The molecule has 4 rings (SSSR count). The third kappa shape index (κ3) is 3.75. The molecule has 28 heavy (non-hydrogen) atoms. The Morgan fingerprint density at radius 3 is 2.39 bits per heavy atom. The number of ether oxygens (including phenoxy) is 1. The summed E-state index contributed by atoms with van der Waals surface area (Å²) in [6, 6.07) is 25.1. The first kappa shape index (κ1) is 18.2. The van der Waals surface area contributed by atoms with E-state index in [0.717, 1.165) is 26.5 Å². The predicted octanol–water partition coefficient (Wildman–Crippen LogP) is 5.76. The van der Waals surface area contributed by atoms with Gasteiger partial charge >= 0.3 is 0 Å². The first-order valence-corrected chi connectivity index (χ1v) is 9.85. The van der Waals surface area contributed by atoms with Crippen LogP contribution in [0.4, 0.5) is 5.69 Å². The SMILES string of the molecule is CC(C)(Oc1ccccc1)C(=O)Nc1ccccc1-c1nc2ccccc2s1. The first-order chi connectivity index (χ1) is 13.5. The number of nitrogens with one attached hydrogen (secondary N) is 1. The second kappa shape index (κ2) is 7.44. The topological polar surface area (TPSA) is 51.2 Å². The van der Waals surface area contributed by atoms with E-state index >= 15 is 0 Å². The molecule has 0 aliphatic rings. The van der Waals surface area contributed by atoms with Crippen molar-refractivity contribution < 1.29 is 9.53 Å². The normalized spacial score (nSPS) is 11.4. The summed E-state index contributed by atoms with van der Waals surface area (Å²) < 4.78 is 7.02. The van der Waals surface area contributed by atoms with Gasteiger partial charge in [-0.1, -0.05) is 42.5 Å². The van der Waals surface area contributed by atoms with Crippen LogP contribution in [0.1, 0.15) is 13.8 Å². The molecular formula is C23H20N2O2S. The van der Waals surface area contributed by atoms with E-state index in [1.165, 1.54) is 0 Å². The van der Waals surface area contributed by atoms with Crippen LogP contribution in [-0.2, 0) is 4.79 Å². The molecule has 3 aromatic carbocycles. The molecule has 0 unspecified atom stereocenters. The van der Waals surface area contributed by atoms with E-state index in [9.17, 15) is 4.79 Å². The Morgan fingerprint density at radius 1 is 0.929 bits per heavy atom. The third-order valence-electron chi connectivity index (χ3n) is 4.36. The second-order valence-corrected chi connectivity index (χ2v) is 7.94. The highest BCUT2D eigenvalue weighted by molar-refractivity contribution is 7.21. The van der Waals surface area contributed by atoms with E-state index in [-0.39, 0.29) is 5.91 Å². The van der Waals surface area contributed by atoms with Gasteiger partial charge in [-0.3, -0.25) is 4.79 Å². The maximum atomic E-state index is 12.9. The molecule has 0 spiro atoms. The van der Waals surface area contributed by atoms with Crippen molar-refractivity contribution in [3.8, 4) is 16.3 Å². The number of carbonyl (C=O) groups is 1. The highest BCUT2D eigenvalue weighted by Gasteiger charge is 2.30. The molecule has 0 aliphatic heterocycles. The van der Waals surface area contributed by atoms with E-state index in [0.29, 0.717) is 5.75 Å². The summed E-state index contributed by atoms with van der Waals surface area (Å²) in [6.07, 6.45) is 0. The molecule has 0 saturated heterocycles. The second-order valence-electron chi connectivity index (χ2n) is 6.91. The van der Waals surface area contributed by atoms with Crippen molar-refractivity contribution in [2.24, 2.45) is 0 Å². The summed E-state index contributed by atoms with van der Waals surface area (Å²) in [7, 11) is 0. The number of rotatable bonds is 5. The zero-order chi connectivity index (χ0) is 19.6. The predicted molar refractivity (Wildman–Crippen MR) is 115 cm³/mol. The molecule has 0 atom stereocenters. The van der Waals surface area contributed by atoms with Crippen molar-refractivity contribution in [3.63, 3.8) is 0 Å². The number of amides is 1. The van der Waals surface area contributed by atoms with E-state index in [2.05, 4.69) is 11.4 Å². The minimum Gasteiger partial charge on any atom is -0.478 e. The Bertz CT molecular complexity index is 1090. The number of hydrogen-bond donors (Lipinski definition) is 1. The molecule has 140 valence electrons. The molecule has 1 aromatic heterocycles. The van der Waals surface area contributed by atoms with E-state index in [1.54, 1.807) is 25.2 Å². The number of thiazole rings is 1. The van der Waals surface area contributed by atoms with Crippen molar-refractivity contribution in [2.45, 2.75) is 19.4 Å². The van der Waals surface area contributed by atoms with Crippen molar-refractivity contribution in [1.29, 1.82) is 0 Å². The molecule has 1 N–H and O–H groups in total. The number of hydrogen-bond acceptors (Lipinski definition) is 4.